The molecular weight excluding hydrogens is 300 g/mol. The first-order valence-corrected chi connectivity index (χ1v) is 8.04. The summed E-state index contributed by atoms with van der Waals surface area (Å²) < 4.78 is 2.33. The molecule has 0 unspecified atom stereocenters. The number of hydrogen-bond acceptors (Lipinski definition) is 4. The molecule has 0 fully saturated rings. The van der Waals surface area contributed by atoms with Gasteiger partial charge in [-0.05, 0) is 24.5 Å². The van der Waals surface area contributed by atoms with E-state index in [1.165, 1.54) is 4.90 Å². The third-order valence-corrected chi connectivity index (χ3v) is 4.07. The Balaban J connectivity index is 2.06. The van der Waals surface area contributed by atoms with Crippen LogP contribution in [0.4, 0.5) is 0 Å². The molecule has 6 heteroatoms. The van der Waals surface area contributed by atoms with Crippen molar-refractivity contribution < 1.29 is 0 Å². The van der Waals surface area contributed by atoms with Crippen LogP contribution in [-0.2, 0) is 7.05 Å². The molecule has 2 aromatic heterocycles. The Kier molecular flexibility index (Phi) is 3.90. The second-order valence-corrected chi connectivity index (χ2v) is 5.91. The maximum Gasteiger partial charge on any atom is 0.139 e. The molecule has 1 aromatic carbocycles. The minimum absolute atomic E-state index is 0.566. The number of aromatic nitrogens is 4. The van der Waals surface area contributed by atoms with Gasteiger partial charge in [-0.25, -0.2) is 4.98 Å². The highest BCUT2D eigenvalue weighted by Crippen LogP contribution is 2.23. The quantitative estimate of drug-likeness (QED) is 0.588. The van der Waals surface area contributed by atoms with E-state index in [-0.39, 0.29) is 0 Å². The van der Waals surface area contributed by atoms with Crippen molar-refractivity contribution in [3.63, 3.8) is 0 Å². The Morgan fingerprint density at radius 2 is 1.95 bits per heavy atom. The van der Waals surface area contributed by atoms with Crippen LogP contribution in [0.2, 0.25) is 0 Å². The van der Waals surface area contributed by atoms with Crippen molar-refractivity contribution in [1.82, 2.24) is 19.7 Å². The lowest BCUT2D eigenvalue weighted by molar-refractivity contribution is 0.768. The fourth-order valence-corrected chi connectivity index (χ4v) is 2.68. The Labute approximate surface area is 132 Å². The van der Waals surface area contributed by atoms with Crippen LogP contribution in [0.25, 0.3) is 22.6 Å². The van der Waals surface area contributed by atoms with Gasteiger partial charge in [0, 0.05) is 29.3 Å². The molecule has 1 N–H and O–H groups in total. The van der Waals surface area contributed by atoms with Crippen LogP contribution < -0.4 is 0 Å². The van der Waals surface area contributed by atoms with E-state index in [1.54, 1.807) is 22.6 Å². The predicted molar refractivity (Wildman–Crippen MR) is 88.8 cm³/mol. The Bertz CT molecular complexity index is 818. The lowest BCUT2D eigenvalue weighted by Crippen LogP contribution is -1.92. The summed E-state index contributed by atoms with van der Waals surface area (Å²) in [6, 6.07) is 10.1. The topological polar surface area (TPSA) is 46.5 Å². The fraction of sp³-hybridized carbons (Fsp3) is 0.133. The summed E-state index contributed by atoms with van der Waals surface area (Å²) >= 11 is 7.00. The van der Waals surface area contributed by atoms with Gasteiger partial charge in [0.2, 0.25) is 0 Å². The number of nitrogens with one attached hydrogen (secondary N) is 1. The molecule has 3 rings (SSSR count). The highest BCUT2D eigenvalue weighted by Gasteiger charge is 2.06. The molecule has 0 saturated carbocycles. The molecule has 0 amide bonds. The second-order valence-electron chi connectivity index (χ2n) is 4.61. The zero-order valence-electron chi connectivity index (χ0n) is 11.7. The van der Waals surface area contributed by atoms with Gasteiger partial charge in [0.25, 0.3) is 0 Å². The number of H-pyrrole nitrogens is 1. The molecule has 21 heavy (non-hydrogen) atoms. The lowest BCUT2D eigenvalue weighted by Gasteiger charge is -2.05. The van der Waals surface area contributed by atoms with E-state index in [4.69, 9.17) is 12.2 Å². The van der Waals surface area contributed by atoms with E-state index in [0.29, 0.717) is 4.64 Å². The van der Waals surface area contributed by atoms with E-state index >= 15 is 0 Å². The zero-order chi connectivity index (χ0) is 14.8. The summed E-state index contributed by atoms with van der Waals surface area (Å²) in [6.45, 7) is 0. The molecule has 0 aliphatic heterocycles. The van der Waals surface area contributed by atoms with Gasteiger partial charge < -0.3 is 4.98 Å². The van der Waals surface area contributed by atoms with Crippen LogP contribution in [0.3, 0.4) is 0 Å². The number of benzene rings is 1. The van der Waals surface area contributed by atoms with E-state index in [1.807, 2.05) is 31.4 Å². The van der Waals surface area contributed by atoms with Gasteiger partial charge >= 0.3 is 0 Å². The van der Waals surface area contributed by atoms with Crippen molar-refractivity contribution in [3.8, 4) is 22.6 Å². The van der Waals surface area contributed by atoms with Crippen molar-refractivity contribution >= 4 is 24.0 Å². The number of nitrogens with zero attached hydrogens (tertiary/aromatic N) is 3. The first-order chi connectivity index (χ1) is 10.2. The SMILES string of the molecule is CSc1ccc(-c2nc(=S)cc(-c3cnn(C)c3)[nH]2)cc1. The van der Waals surface area contributed by atoms with E-state index in [0.717, 1.165) is 22.6 Å². The van der Waals surface area contributed by atoms with Gasteiger partial charge in [-0.15, -0.1) is 11.8 Å². The van der Waals surface area contributed by atoms with Gasteiger partial charge in [0.05, 0.1) is 11.9 Å². The smallest absolute Gasteiger partial charge is 0.139 e. The van der Waals surface area contributed by atoms with Crippen LogP contribution >= 0.6 is 24.0 Å². The normalized spacial score (nSPS) is 10.8. The molecular formula is C15H14N4S2. The van der Waals surface area contributed by atoms with Gasteiger partial charge in [0.1, 0.15) is 10.5 Å². The molecule has 2 heterocycles. The first-order valence-electron chi connectivity index (χ1n) is 6.40. The van der Waals surface area contributed by atoms with Gasteiger partial charge in [-0.1, -0.05) is 24.4 Å². The van der Waals surface area contributed by atoms with Crippen LogP contribution in [0, 0.1) is 4.64 Å². The van der Waals surface area contributed by atoms with E-state index in [2.05, 4.69) is 33.5 Å². The highest BCUT2D eigenvalue weighted by atomic mass is 32.2. The lowest BCUT2D eigenvalue weighted by atomic mass is 10.2. The molecule has 0 aliphatic rings. The van der Waals surface area contributed by atoms with Crippen molar-refractivity contribution in [2.24, 2.45) is 7.05 Å². The van der Waals surface area contributed by atoms with Gasteiger partial charge in [0.15, 0.2) is 0 Å². The summed E-state index contributed by atoms with van der Waals surface area (Å²) in [5, 5.41) is 4.19. The molecule has 106 valence electrons. The fourth-order valence-electron chi connectivity index (χ4n) is 2.06. The Hall–Kier alpha value is -1.92. The number of aryl methyl sites for hydroxylation is 1. The minimum atomic E-state index is 0.566. The third-order valence-electron chi connectivity index (χ3n) is 3.12. The Morgan fingerprint density at radius 3 is 2.57 bits per heavy atom. The molecule has 0 saturated heterocycles. The van der Waals surface area contributed by atoms with Crippen LogP contribution in [-0.4, -0.2) is 26.0 Å². The summed E-state index contributed by atoms with van der Waals surface area (Å²) in [5.41, 5.74) is 2.93. The maximum atomic E-state index is 5.28. The number of thioether (sulfide) groups is 1. The summed E-state index contributed by atoms with van der Waals surface area (Å²) in [4.78, 5) is 8.97. The van der Waals surface area contributed by atoms with Crippen molar-refractivity contribution in [2.45, 2.75) is 4.90 Å². The zero-order valence-corrected chi connectivity index (χ0v) is 13.3. The summed E-state index contributed by atoms with van der Waals surface area (Å²) in [6.07, 6.45) is 5.81. The summed E-state index contributed by atoms with van der Waals surface area (Å²) in [5.74, 6) is 0.772. The van der Waals surface area contributed by atoms with E-state index < -0.39 is 0 Å². The predicted octanol–water partition coefficient (Wildman–Crippen LogP) is 3.93. The summed E-state index contributed by atoms with van der Waals surface area (Å²) in [7, 11) is 1.89. The van der Waals surface area contributed by atoms with E-state index in [9.17, 15) is 0 Å². The maximum absolute atomic E-state index is 5.28. The molecule has 0 radical (unpaired) electrons. The van der Waals surface area contributed by atoms with Crippen molar-refractivity contribution in [3.05, 3.63) is 47.4 Å². The Morgan fingerprint density at radius 1 is 1.19 bits per heavy atom. The molecule has 0 spiro atoms. The van der Waals surface area contributed by atoms with Gasteiger partial charge in [-0.3, -0.25) is 4.68 Å². The second kappa shape index (κ2) is 5.83. The standard InChI is InChI=1S/C15H14N4S2/c1-19-9-11(8-16-19)13-7-14(20)18-15(17-13)10-3-5-12(21-2)6-4-10/h3-9H,1-2H3,(H,17,18,20). The third kappa shape index (κ3) is 3.06. The largest absolute Gasteiger partial charge is 0.339 e. The van der Waals surface area contributed by atoms with Crippen LogP contribution in [0.5, 0.6) is 0 Å². The molecule has 0 aliphatic carbocycles. The van der Waals surface area contributed by atoms with Crippen LogP contribution in [0.15, 0.2) is 47.6 Å². The van der Waals surface area contributed by atoms with Crippen LogP contribution in [0.1, 0.15) is 0 Å². The number of aromatic amines is 1. The van der Waals surface area contributed by atoms with Crippen molar-refractivity contribution in [2.75, 3.05) is 6.26 Å². The monoisotopic (exact) mass is 314 g/mol. The average molecular weight is 314 g/mol. The van der Waals surface area contributed by atoms with Crippen molar-refractivity contribution in [1.29, 1.82) is 0 Å². The first kappa shape index (κ1) is 14.0. The molecule has 0 atom stereocenters. The number of hydrogen-bond donors (Lipinski definition) is 1. The number of rotatable bonds is 3. The molecule has 4 nitrogen and oxygen atoms in total. The molecule has 0 bridgehead atoms. The minimum Gasteiger partial charge on any atom is -0.339 e. The average Bonchev–Trinajstić information content (AvgIpc) is 2.93. The van der Waals surface area contributed by atoms with Gasteiger partial charge in [-0.2, -0.15) is 5.10 Å². The highest BCUT2D eigenvalue weighted by molar-refractivity contribution is 7.98. The molecule has 3 aromatic rings.